The monoisotopic (exact) mass is 566 g/mol. The molecule has 0 aromatic carbocycles. The Kier molecular flexibility index (Phi) is 7.54. The van der Waals surface area contributed by atoms with Gasteiger partial charge < -0.3 is 23.7 Å². The van der Waals surface area contributed by atoms with Gasteiger partial charge in [-0.3, -0.25) is 14.4 Å². The second-order valence-corrected chi connectivity index (χ2v) is 16.3. The molecule has 1 aliphatic carbocycles. The number of rotatable bonds is 5. The average molecular weight is 566 g/mol. The summed E-state index contributed by atoms with van der Waals surface area (Å²) < 4.78 is 30.3. The van der Waals surface area contributed by atoms with E-state index in [0.717, 1.165) is 6.42 Å². The van der Waals surface area contributed by atoms with Gasteiger partial charge in [-0.25, -0.2) is 0 Å². The molecule has 0 saturated carbocycles. The number of halogens is 1. The predicted molar refractivity (Wildman–Crippen MR) is 122 cm³/mol. The number of fused-ring (bicyclic) bond motifs is 3. The van der Waals surface area contributed by atoms with E-state index in [0.29, 0.717) is 0 Å². The van der Waals surface area contributed by atoms with E-state index in [9.17, 15) is 14.4 Å². The molecule has 2 aliphatic heterocycles. The molecule has 8 atom stereocenters. The number of hydrogen-bond acceptors (Lipinski definition) is 8. The molecule has 3 rings (SSSR count). The third-order valence-electron chi connectivity index (χ3n) is 6.10. The van der Waals surface area contributed by atoms with Crippen molar-refractivity contribution in [2.24, 2.45) is 11.8 Å². The lowest BCUT2D eigenvalue weighted by atomic mass is 9.76. The van der Waals surface area contributed by atoms with Gasteiger partial charge in [-0.05, 0) is 31.7 Å². The molecule has 0 amide bonds. The minimum Gasteiger partial charge on any atom is -0.463 e. The Morgan fingerprint density at radius 1 is 1.00 bits per heavy atom. The van der Waals surface area contributed by atoms with E-state index in [1.165, 1.54) is 24.4 Å². The fourth-order valence-corrected chi connectivity index (χ4v) is 8.47. The van der Waals surface area contributed by atoms with Crippen LogP contribution >= 0.6 is 22.6 Å². The SMILES string of the molecule is CC(=O)OC[C@H]1O[C@@H]2O[C@H]3CC(I)=C[C@@H]([Si](C)(C)C)[C@@H]3[C@@H]2[C@@H](OC(C)=O)[C@@H]1OC(C)=O. The molecular formula is C21H31IO8Si. The standard InChI is InChI=1S/C21H31IO8Si/c1-10(23)26-9-15-19(27-11(2)24)20(28-12(3)25)18-17-14(29-21(18)30-15)7-13(22)8-16(17)31(4,5)6/h8,14-21H,7,9H2,1-6H3/t14-,15+,16+,17+,18+,19+,20+,21-/m0/s1. The molecule has 0 radical (unpaired) electrons. The van der Waals surface area contributed by atoms with Crippen LogP contribution in [-0.4, -0.2) is 63.3 Å². The van der Waals surface area contributed by atoms with Crippen LogP contribution in [0.15, 0.2) is 9.66 Å². The average Bonchev–Trinajstić information content (AvgIpc) is 2.97. The van der Waals surface area contributed by atoms with Crippen molar-refractivity contribution in [3.05, 3.63) is 9.66 Å². The summed E-state index contributed by atoms with van der Waals surface area (Å²) in [5.74, 6) is -1.68. The van der Waals surface area contributed by atoms with Gasteiger partial charge >= 0.3 is 17.9 Å². The van der Waals surface area contributed by atoms with E-state index in [2.05, 4.69) is 48.3 Å². The van der Waals surface area contributed by atoms with Crippen molar-refractivity contribution in [3.8, 4) is 0 Å². The zero-order chi connectivity index (χ0) is 23.1. The maximum absolute atomic E-state index is 12.1. The van der Waals surface area contributed by atoms with Gasteiger partial charge in [-0.15, -0.1) is 0 Å². The van der Waals surface area contributed by atoms with Crippen LogP contribution in [0.1, 0.15) is 27.2 Å². The minimum absolute atomic E-state index is 0.0762. The van der Waals surface area contributed by atoms with Crippen LogP contribution in [-0.2, 0) is 38.1 Å². The Morgan fingerprint density at radius 2 is 1.61 bits per heavy atom. The van der Waals surface area contributed by atoms with Gasteiger partial charge in [0.15, 0.2) is 12.4 Å². The highest BCUT2D eigenvalue weighted by molar-refractivity contribution is 14.1. The fraction of sp³-hybridized carbons (Fsp3) is 0.762. The van der Waals surface area contributed by atoms with E-state index in [1.54, 1.807) is 0 Å². The highest BCUT2D eigenvalue weighted by Crippen LogP contribution is 2.55. The van der Waals surface area contributed by atoms with E-state index < -0.39 is 50.6 Å². The van der Waals surface area contributed by atoms with Crippen LogP contribution in [0.3, 0.4) is 0 Å². The number of carbonyl (C=O) groups excluding carboxylic acids is 3. The van der Waals surface area contributed by atoms with Gasteiger partial charge in [0.1, 0.15) is 18.8 Å². The molecule has 174 valence electrons. The summed E-state index contributed by atoms with van der Waals surface area (Å²) in [6.45, 7) is 10.7. The highest BCUT2D eigenvalue weighted by atomic mass is 127. The van der Waals surface area contributed by atoms with Crippen LogP contribution in [0.4, 0.5) is 0 Å². The quantitative estimate of drug-likeness (QED) is 0.217. The Labute approximate surface area is 197 Å². The lowest BCUT2D eigenvalue weighted by molar-refractivity contribution is -0.273. The molecule has 0 bridgehead atoms. The molecule has 2 fully saturated rings. The molecule has 0 aromatic heterocycles. The Bertz CT molecular complexity index is 763. The number of allylic oxidation sites excluding steroid dienone is 1. The van der Waals surface area contributed by atoms with Gasteiger partial charge in [-0.1, -0.05) is 25.7 Å². The lowest BCUT2D eigenvalue weighted by Gasteiger charge is -2.46. The Morgan fingerprint density at radius 3 is 2.16 bits per heavy atom. The van der Waals surface area contributed by atoms with Crippen molar-refractivity contribution in [2.45, 2.75) is 83.1 Å². The fourth-order valence-electron chi connectivity index (χ4n) is 5.01. The molecule has 0 aromatic rings. The normalized spacial score (nSPS) is 37.2. The first-order valence-electron chi connectivity index (χ1n) is 10.5. The van der Waals surface area contributed by atoms with Gasteiger partial charge in [0.25, 0.3) is 0 Å². The summed E-state index contributed by atoms with van der Waals surface area (Å²) in [6, 6.07) is 0. The predicted octanol–water partition coefficient (Wildman–Crippen LogP) is 3.20. The van der Waals surface area contributed by atoms with Gasteiger partial charge in [-0.2, -0.15) is 0 Å². The first-order chi connectivity index (χ1) is 14.4. The Balaban J connectivity index is 2.01. The number of ether oxygens (including phenoxy) is 5. The van der Waals surface area contributed by atoms with Gasteiger partial charge in [0, 0.05) is 33.1 Å². The Hall–Kier alpha value is -0.983. The maximum atomic E-state index is 12.1. The van der Waals surface area contributed by atoms with Crippen molar-refractivity contribution in [1.82, 2.24) is 0 Å². The number of carbonyl (C=O) groups is 3. The van der Waals surface area contributed by atoms with Crippen LogP contribution in [0.25, 0.3) is 0 Å². The summed E-state index contributed by atoms with van der Waals surface area (Å²) in [5, 5.41) is 0. The van der Waals surface area contributed by atoms with Crippen molar-refractivity contribution < 1.29 is 38.1 Å². The van der Waals surface area contributed by atoms with Crippen molar-refractivity contribution in [3.63, 3.8) is 0 Å². The van der Waals surface area contributed by atoms with E-state index in [-0.39, 0.29) is 30.1 Å². The summed E-state index contributed by atoms with van der Waals surface area (Å²) >= 11 is 2.36. The van der Waals surface area contributed by atoms with E-state index in [4.69, 9.17) is 23.7 Å². The number of esters is 3. The molecule has 0 N–H and O–H groups in total. The van der Waals surface area contributed by atoms with Crippen LogP contribution in [0, 0.1) is 11.8 Å². The molecule has 2 saturated heterocycles. The van der Waals surface area contributed by atoms with E-state index in [1.807, 2.05) is 0 Å². The van der Waals surface area contributed by atoms with Gasteiger partial charge in [0.2, 0.25) is 0 Å². The summed E-state index contributed by atoms with van der Waals surface area (Å²) in [7, 11) is -1.67. The van der Waals surface area contributed by atoms with Crippen molar-refractivity contribution >= 4 is 48.6 Å². The largest absolute Gasteiger partial charge is 0.463 e. The highest BCUT2D eigenvalue weighted by Gasteiger charge is 2.62. The summed E-state index contributed by atoms with van der Waals surface area (Å²) in [4.78, 5) is 35.4. The summed E-state index contributed by atoms with van der Waals surface area (Å²) in [5.41, 5.74) is 0.290. The molecule has 0 unspecified atom stereocenters. The lowest BCUT2D eigenvalue weighted by Crippen LogP contribution is -2.59. The zero-order valence-electron chi connectivity index (χ0n) is 18.8. The first kappa shape index (κ1) is 24.7. The second kappa shape index (κ2) is 9.48. The van der Waals surface area contributed by atoms with Crippen LogP contribution in [0.2, 0.25) is 25.2 Å². The molecule has 8 nitrogen and oxygen atoms in total. The molecule has 3 aliphatic rings. The second-order valence-electron chi connectivity index (χ2n) is 9.53. The van der Waals surface area contributed by atoms with Crippen LogP contribution < -0.4 is 0 Å². The van der Waals surface area contributed by atoms with E-state index >= 15 is 0 Å². The smallest absolute Gasteiger partial charge is 0.303 e. The molecule has 2 heterocycles. The third kappa shape index (κ3) is 5.51. The third-order valence-corrected chi connectivity index (χ3v) is 9.45. The number of hydrogen-bond donors (Lipinski definition) is 0. The maximum Gasteiger partial charge on any atom is 0.303 e. The van der Waals surface area contributed by atoms with Crippen molar-refractivity contribution in [2.75, 3.05) is 6.61 Å². The molecule has 0 spiro atoms. The van der Waals surface area contributed by atoms with Crippen LogP contribution in [0.5, 0.6) is 0 Å². The minimum atomic E-state index is -1.67. The zero-order valence-corrected chi connectivity index (χ0v) is 21.9. The first-order valence-corrected chi connectivity index (χ1v) is 15.2. The molecule has 31 heavy (non-hydrogen) atoms. The van der Waals surface area contributed by atoms with Crippen molar-refractivity contribution in [1.29, 1.82) is 0 Å². The molecular weight excluding hydrogens is 535 g/mol. The van der Waals surface area contributed by atoms with Gasteiger partial charge in [0.05, 0.1) is 20.1 Å². The topological polar surface area (TPSA) is 97.4 Å². The summed E-state index contributed by atoms with van der Waals surface area (Å²) in [6.07, 6.45) is -0.0574. The molecule has 10 heteroatoms.